The van der Waals surface area contributed by atoms with Gasteiger partial charge < -0.3 is 9.64 Å². The van der Waals surface area contributed by atoms with Gasteiger partial charge in [-0.2, -0.15) is 0 Å². The van der Waals surface area contributed by atoms with Gasteiger partial charge in [0.05, 0.1) is 23.9 Å². The lowest BCUT2D eigenvalue weighted by Gasteiger charge is -2.12. The third-order valence-corrected chi connectivity index (χ3v) is 4.64. The molecule has 0 aliphatic rings. The molecule has 0 saturated carbocycles. The summed E-state index contributed by atoms with van der Waals surface area (Å²) in [5.74, 6) is 0.747. The predicted octanol–water partition coefficient (Wildman–Crippen LogP) is 3.98. The van der Waals surface area contributed by atoms with Gasteiger partial charge in [0.25, 0.3) is 0 Å². The van der Waals surface area contributed by atoms with Gasteiger partial charge in [0.1, 0.15) is 10.8 Å². The molecule has 0 aliphatic carbocycles. The Balaban J connectivity index is 1.64. The Kier molecular flexibility index (Phi) is 4.91. The molecule has 24 heavy (non-hydrogen) atoms. The average molecular weight is 338 g/mol. The number of likely N-dealkylation sites (N-methyl/N-ethyl adjacent to an activating group) is 1. The van der Waals surface area contributed by atoms with E-state index in [4.69, 9.17) is 4.74 Å². The first-order chi connectivity index (χ1) is 11.7. The molecule has 3 rings (SSSR count). The number of hydrogen-bond donors (Lipinski definition) is 0. The highest BCUT2D eigenvalue weighted by Gasteiger charge is 2.09. The predicted molar refractivity (Wildman–Crippen MR) is 98.1 cm³/mol. The molecule has 0 unspecified atom stereocenters. The summed E-state index contributed by atoms with van der Waals surface area (Å²) in [4.78, 5) is 18.5. The van der Waals surface area contributed by atoms with Gasteiger partial charge in [0.2, 0.25) is 5.91 Å². The van der Waals surface area contributed by atoms with Gasteiger partial charge in [-0.3, -0.25) is 4.79 Å². The Labute approximate surface area is 145 Å². The number of para-hydroxylation sites is 1. The van der Waals surface area contributed by atoms with Crippen LogP contribution in [0.5, 0.6) is 5.75 Å². The molecule has 1 amide bonds. The minimum atomic E-state index is -0.0509. The number of fused-ring (bicyclic) bond motifs is 1. The number of benzene rings is 2. The van der Waals surface area contributed by atoms with Crippen LogP contribution in [-0.2, 0) is 11.3 Å². The van der Waals surface area contributed by atoms with Crippen molar-refractivity contribution in [2.24, 2.45) is 0 Å². The van der Waals surface area contributed by atoms with E-state index in [1.54, 1.807) is 42.5 Å². The Morgan fingerprint density at radius 2 is 1.96 bits per heavy atom. The summed E-state index contributed by atoms with van der Waals surface area (Å²) in [5, 5.41) is 0.935. The zero-order chi connectivity index (χ0) is 16.9. The van der Waals surface area contributed by atoms with Crippen molar-refractivity contribution in [1.82, 2.24) is 9.88 Å². The van der Waals surface area contributed by atoms with Crippen molar-refractivity contribution in [2.75, 3.05) is 14.2 Å². The second-order valence-corrected chi connectivity index (χ2v) is 6.49. The minimum Gasteiger partial charge on any atom is -0.497 e. The van der Waals surface area contributed by atoms with Gasteiger partial charge in [0, 0.05) is 13.1 Å². The quantitative estimate of drug-likeness (QED) is 0.661. The van der Waals surface area contributed by atoms with Gasteiger partial charge >= 0.3 is 0 Å². The molecule has 0 N–H and O–H groups in total. The van der Waals surface area contributed by atoms with E-state index in [9.17, 15) is 4.79 Å². The number of ether oxygens (including phenoxy) is 1. The molecule has 3 aromatic rings. The summed E-state index contributed by atoms with van der Waals surface area (Å²) in [6.07, 6.45) is 3.38. The number of carbonyl (C=O) groups excluding carboxylic acids is 1. The summed E-state index contributed by atoms with van der Waals surface area (Å²) >= 11 is 1.62. The van der Waals surface area contributed by atoms with Gasteiger partial charge in [0.15, 0.2) is 0 Å². The van der Waals surface area contributed by atoms with Crippen molar-refractivity contribution in [3.63, 3.8) is 0 Å². The lowest BCUT2D eigenvalue weighted by molar-refractivity contribution is -0.125. The van der Waals surface area contributed by atoms with Crippen molar-refractivity contribution in [3.05, 3.63) is 65.2 Å². The molecule has 0 aliphatic heterocycles. The van der Waals surface area contributed by atoms with E-state index in [2.05, 4.69) is 4.98 Å². The SMILES string of the molecule is COc1ccc(/C=C/C(=O)N(C)Cc2nc3ccccc3s2)cc1. The molecule has 122 valence electrons. The highest BCUT2D eigenvalue weighted by Crippen LogP contribution is 2.22. The summed E-state index contributed by atoms with van der Waals surface area (Å²) in [6, 6.07) is 15.6. The van der Waals surface area contributed by atoms with Gasteiger partial charge in [-0.05, 0) is 35.9 Å². The van der Waals surface area contributed by atoms with Crippen LogP contribution in [0.15, 0.2) is 54.6 Å². The molecule has 0 radical (unpaired) electrons. The maximum Gasteiger partial charge on any atom is 0.246 e. The van der Waals surface area contributed by atoms with Crippen molar-refractivity contribution in [1.29, 1.82) is 0 Å². The molecule has 0 fully saturated rings. The molecular formula is C19H18N2O2S. The summed E-state index contributed by atoms with van der Waals surface area (Å²) in [7, 11) is 3.41. The van der Waals surface area contributed by atoms with Crippen molar-refractivity contribution >= 4 is 33.5 Å². The molecule has 5 heteroatoms. The minimum absolute atomic E-state index is 0.0509. The average Bonchev–Trinajstić information content (AvgIpc) is 3.02. The van der Waals surface area contributed by atoms with Gasteiger partial charge in [-0.1, -0.05) is 24.3 Å². The van der Waals surface area contributed by atoms with Crippen LogP contribution in [0.2, 0.25) is 0 Å². The van der Waals surface area contributed by atoms with Crippen LogP contribution >= 0.6 is 11.3 Å². The normalized spacial score (nSPS) is 11.1. The van der Waals surface area contributed by atoms with Crippen LogP contribution in [0, 0.1) is 0 Å². The van der Waals surface area contributed by atoms with Crippen LogP contribution in [0.3, 0.4) is 0 Å². The zero-order valence-corrected chi connectivity index (χ0v) is 14.4. The van der Waals surface area contributed by atoms with Gasteiger partial charge in [-0.15, -0.1) is 11.3 Å². The Morgan fingerprint density at radius 1 is 1.21 bits per heavy atom. The summed E-state index contributed by atoms with van der Waals surface area (Å²) in [6.45, 7) is 0.505. The molecular weight excluding hydrogens is 320 g/mol. The van der Waals surface area contributed by atoms with Crippen LogP contribution in [0.4, 0.5) is 0 Å². The first kappa shape index (κ1) is 16.2. The fraction of sp³-hybridized carbons (Fsp3) is 0.158. The van der Waals surface area contributed by atoms with Crippen LogP contribution < -0.4 is 4.74 Å². The lowest BCUT2D eigenvalue weighted by Crippen LogP contribution is -2.23. The topological polar surface area (TPSA) is 42.4 Å². The lowest BCUT2D eigenvalue weighted by atomic mass is 10.2. The molecule has 0 bridgehead atoms. The molecule has 4 nitrogen and oxygen atoms in total. The van der Waals surface area contributed by atoms with E-state index >= 15 is 0 Å². The summed E-state index contributed by atoms with van der Waals surface area (Å²) < 4.78 is 6.26. The van der Waals surface area contributed by atoms with E-state index in [1.807, 2.05) is 48.5 Å². The van der Waals surface area contributed by atoms with Crippen LogP contribution in [-0.4, -0.2) is 29.9 Å². The molecule has 0 spiro atoms. The standard InChI is InChI=1S/C19H18N2O2S/c1-21(13-18-20-16-5-3-4-6-17(16)24-18)19(22)12-9-14-7-10-15(23-2)11-8-14/h3-12H,13H2,1-2H3/b12-9+. The van der Waals surface area contributed by atoms with E-state index in [0.717, 1.165) is 26.5 Å². The molecule has 0 saturated heterocycles. The largest absolute Gasteiger partial charge is 0.497 e. The first-order valence-corrected chi connectivity index (χ1v) is 8.39. The number of methoxy groups -OCH3 is 1. The third-order valence-electron chi connectivity index (χ3n) is 3.62. The Morgan fingerprint density at radius 3 is 2.67 bits per heavy atom. The van der Waals surface area contributed by atoms with Crippen molar-refractivity contribution in [3.8, 4) is 5.75 Å². The number of rotatable bonds is 5. The second kappa shape index (κ2) is 7.27. The highest BCUT2D eigenvalue weighted by atomic mass is 32.1. The van der Waals surface area contributed by atoms with Crippen LogP contribution in [0.1, 0.15) is 10.6 Å². The van der Waals surface area contributed by atoms with E-state index in [0.29, 0.717) is 6.54 Å². The Hall–Kier alpha value is -2.66. The number of nitrogens with zero attached hydrogens (tertiary/aromatic N) is 2. The molecule has 0 atom stereocenters. The number of hydrogen-bond acceptors (Lipinski definition) is 4. The maximum atomic E-state index is 12.3. The molecule has 1 aromatic heterocycles. The van der Waals surface area contributed by atoms with Gasteiger partial charge in [-0.25, -0.2) is 4.98 Å². The monoisotopic (exact) mass is 338 g/mol. The number of thiazole rings is 1. The second-order valence-electron chi connectivity index (χ2n) is 5.38. The van der Waals surface area contributed by atoms with E-state index < -0.39 is 0 Å². The smallest absolute Gasteiger partial charge is 0.246 e. The summed E-state index contributed by atoms with van der Waals surface area (Å²) in [5.41, 5.74) is 1.93. The van der Waals surface area contributed by atoms with E-state index in [-0.39, 0.29) is 5.91 Å². The first-order valence-electron chi connectivity index (χ1n) is 7.57. The van der Waals surface area contributed by atoms with Crippen molar-refractivity contribution in [2.45, 2.75) is 6.54 Å². The fourth-order valence-electron chi connectivity index (χ4n) is 2.28. The maximum absolute atomic E-state index is 12.3. The molecule has 2 aromatic carbocycles. The zero-order valence-electron chi connectivity index (χ0n) is 13.6. The Bertz CT molecular complexity index is 835. The molecule has 1 heterocycles. The fourth-order valence-corrected chi connectivity index (χ4v) is 3.30. The highest BCUT2D eigenvalue weighted by molar-refractivity contribution is 7.18. The number of carbonyl (C=O) groups is 1. The van der Waals surface area contributed by atoms with E-state index in [1.165, 1.54) is 0 Å². The number of amides is 1. The number of aromatic nitrogens is 1. The third kappa shape index (κ3) is 3.81. The van der Waals surface area contributed by atoms with Crippen LogP contribution in [0.25, 0.3) is 16.3 Å². The van der Waals surface area contributed by atoms with Crippen molar-refractivity contribution < 1.29 is 9.53 Å².